The van der Waals surface area contributed by atoms with Crippen LogP contribution in [0.15, 0.2) is 22.7 Å². The van der Waals surface area contributed by atoms with E-state index in [0.29, 0.717) is 16.9 Å². The fourth-order valence-electron chi connectivity index (χ4n) is 3.31. The lowest BCUT2D eigenvalue weighted by Gasteiger charge is -2.37. The van der Waals surface area contributed by atoms with Gasteiger partial charge in [0, 0.05) is 33.5 Å². The van der Waals surface area contributed by atoms with Gasteiger partial charge in [0.25, 0.3) is 0 Å². The predicted molar refractivity (Wildman–Crippen MR) is 78.4 cm³/mol. The van der Waals surface area contributed by atoms with Gasteiger partial charge in [-0.1, -0.05) is 37.9 Å². The van der Waals surface area contributed by atoms with Crippen LogP contribution in [-0.2, 0) is 6.54 Å². The smallest absolute Gasteiger partial charge is 0.128 e. The van der Waals surface area contributed by atoms with Crippen LogP contribution in [-0.4, -0.2) is 21.8 Å². The molecule has 2 fully saturated rings. The Morgan fingerprint density at radius 3 is 2.50 bits per heavy atom. The minimum atomic E-state index is -0.0928. The largest absolute Gasteiger partial charge is 0.293 e. The topological polar surface area (TPSA) is 3.24 Å². The van der Waals surface area contributed by atoms with E-state index >= 15 is 0 Å². The molecular formula is C14H16Br2FN. The first-order valence-corrected chi connectivity index (χ1v) is 8.18. The highest BCUT2D eigenvalue weighted by molar-refractivity contribution is 9.10. The van der Waals surface area contributed by atoms with Crippen LogP contribution in [0.2, 0.25) is 0 Å². The van der Waals surface area contributed by atoms with Gasteiger partial charge in [-0.15, -0.1) is 0 Å². The number of fused-ring (bicyclic) bond motifs is 2. The Bertz CT molecular complexity index is 437. The number of rotatable bonds is 2. The highest BCUT2D eigenvalue weighted by atomic mass is 79.9. The normalized spacial score (nSPS) is 31.8. The molecule has 0 radical (unpaired) electrons. The van der Waals surface area contributed by atoms with Gasteiger partial charge in [-0.2, -0.15) is 0 Å². The molecule has 2 aliphatic rings. The number of hydrogen-bond donors (Lipinski definition) is 0. The zero-order valence-corrected chi connectivity index (χ0v) is 13.3. The van der Waals surface area contributed by atoms with Crippen molar-refractivity contribution < 1.29 is 4.39 Å². The summed E-state index contributed by atoms with van der Waals surface area (Å²) in [5.74, 6) is -0.0928. The van der Waals surface area contributed by atoms with E-state index in [4.69, 9.17) is 0 Å². The molecular weight excluding hydrogens is 361 g/mol. The van der Waals surface area contributed by atoms with Crippen molar-refractivity contribution in [3.05, 3.63) is 34.1 Å². The fourth-order valence-corrected chi connectivity index (χ4v) is 4.51. The van der Waals surface area contributed by atoms with Crippen LogP contribution in [0.4, 0.5) is 4.39 Å². The second-order valence-corrected chi connectivity index (χ2v) is 7.57. The minimum Gasteiger partial charge on any atom is -0.293 e. The summed E-state index contributed by atoms with van der Waals surface area (Å²) in [7, 11) is 0. The van der Waals surface area contributed by atoms with Gasteiger partial charge in [-0.3, -0.25) is 4.90 Å². The summed E-state index contributed by atoms with van der Waals surface area (Å²) < 4.78 is 14.7. The van der Waals surface area contributed by atoms with E-state index in [-0.39, 0.29) is 5.82 Å². The summed E-state index contributed by atoms with van der Waals surface area (Å²) in [6, 6.07) is 6.66. The standard InChI is InChI=1S/C14H16Br2FN/c15-10-2-1-9(14(17)7-10)8-18-12-3-4-13(18)6-11(16)5-12/h1-2,7,11-13H,3-6,8H2. The van der Waals surface area contributed by atoms with Gasteiger partial charge in [0.15, 0.2) is 0 Å². The summed E-state index contributed by atoms with van der Waals surface area (Å²) in [6.07, 6.45) is 4.94. The lowest BCUT2D eigenvalue weighted by atomic mass is 10.0. The monoisotopic (exact) mass is 375 g/mol. The van der Waals surface area contributed by atoms with Gasteiger partial charge < -0.3 is 0 Å². The van der Waals surface area contributed by atoms with Crippen LogP contribution in [0.1, 0.15) is 31.2 Å². The molecule has 1 nitrogen and oxygen atoms in total. The molecule has 2 bridgehead atoms. The van der Waals surface area contributed by atoms with Crippen LogP contribution in [0, 0.1) is 5.82 Å². The van der Waals surface area contributed by atoms with Crippen molar-refractivity contribution in [2.24, 2.45) is 0 Å². The van der Waals surface area contributed by atoms with Crippen molar-refractivity contribution in [1.29, 1.82) is 0 Å². The molecule has 98 valence electrons. The van der Waals surface area contributed by atoms with E-state index in [0.717, 1.165) is 16.6 Å². The third-order valence-corrected chi connectivity index (χ3v) is 5.44. The van der Waals surface area contributed by atoms with Crippen LogP contribution in [0.3, 0.4) is 0 Å². The van der Waals surface area contributed by atoms with Crippen molar-refractivity contribution in [3.63, 3.8) is 0 Å². The molecule has 0 spiro atoms. The first-order valence-electron chi connectivity index (χ1n) is 6.47. The number of benzene rings is 1. The third kappa shape index (κ3) is 2.52. The number of halogens is 3. The second kappa shape index (κ2) is 5.22. The van der Waals surface area contributed by atoms with Crippen molar-refractivity contribution in [1.82, 2.24) is 4.90 Å². The average molecular weight is 377 g/mol. The Morgan fingerprint density at radius 2 is 1.89 bits per heavy atom. The Kier molecular flexibility index (Phi) is 3.79. The molecule has 4 heteroatoms. The number of piperidine rings is 1. The Morgan fingerprint density at radius 1 is 1.22 bits per heavy atom. The van der Waals surface area contributed by atoms with Crippen LogP contribution in [0.5, 0.6) is 0 Å². The molecule has 0 aliphatic carbocycles. The number of alkyl halides is 1. The van der Waals surface area contributed by atoms with Gasteiger partial charge in [0.2, 0.25) is 0 Å². The quantitative estimate of drug-likeness (QED) is 0.688. The predicted octanol–water partition coefficient (Wildman–Crippen LogP) is 4.48. The maximum Gasteiger partial charge on any atom is 0.128 e. The molecule has 0 aromatic heterocycles. The lowest BCUT2D eigenvalue weighted by molar-refractivity contribution is 0.135. The molecule has 0 amide bonds. The van der Waals surface area contributed by atoms with Crippen molar-refractivity contribution in [3.8, 4) is 0 Å². The SMILES string of the molecule is Fc1cc(Br)ccc1CN1C2CCC1CC(Br)C2. The van der Waals surface area contributed by atoms with Crippen LogP contribution < -0.4 is 0 Å². The van der Waals surface area contributed by atoms with Gasteiger partial charge in [0.05, 0.1) is 0 Å². The van der Waals surface area contributed by atoms with Gasteiger partial charge in [-0.05, 0) is 37.8 Å². The molecule has 3 rings (SSSR count). The Hall–Kier alpha value is 0.0700. The van der Waals surface area contributed by atoms with E-state index < -0.39 is 0 Å². The van der Waals surface area contributed by atoms with Gasteiger partial charge in [-0.25, -0.2) is 4.39 Å². The average Bonchev–Trinajstić information content (AvgIpc) is 2.56. The van der Waals surface area contributed by atoms with Gasteiger partial charge >= 0.3 is 0 Å². The van der Waals surface area contributed by atoms with Crippen LogP contribution >= 0.6 is 31.9 Å². The fraction of sp³-hybridized carbons (Fsp3) is 0.571. The van der Waals surface area contributed by atoms with E-state index in [1.165, 1.54) is 25.7 Å². The number of nitrogens with zero attached hydrogens (tertiary/aromatic N) is 1. The zero-order chi connectivity index (χ0) is 12.7. The van der Waals surface area contributed by atoms with E-state index in [2.05, 4.69) is 36.8 Å². The van der Waals surface area contributed by atoms with Crippen LogP contribution in [0.25, 0.3) is 0 Å². The Balaban J connectivity index is 1.77. The van der Waals surface area contributed by atoms with E-state index in [9.17, 15) is 4.39 Å². The lowest BCUT2D eigenvalue weighted by Crippen LogP contribution is -2.42. The Labute approximate surface area is 124 Å². The summed E-state index contributed by atoms with van der Waals surface area (Å²) in [5.41, 5.74) is 0.822. The third-order valence-electron chi connectivity index (χ3n) is 4.19. The highest BCUT2D eigenvalue weighted by Gasteiger charge is 2.39. The molecule has 2 heterocycles. The first kappa shape index (κ1) is 13.1. The van der Waals surface area contributed by atoms with Crippen molar-refractivity contribution in [2.75, 3.05) is 0 Å². The molecule has 1 aromatic rings. The summed E-state index contributed by atoms with van der Waals surface area (Å²) in [5, 5.41) is 0. The first-order chi connectivity index (χ1) is 8.63. The molecule has 0 saturated carbocycles. The summed E-state index contributed by atoms with van der Waals surface area (Å²) in [6.45, 7) is 0.758. The molecule has 2 saturated heterocycles. The van der Waals surface area contributed by atoms with Crippen molar-refractivity contribution >= 4 is 31.9 Å². The molecule has 1 aromatic carbocycles. The maximum atomic E-state index is 13.9. The van der Waals surface area contributed by atoms with E-state index in [1.54, 1.807) is 6.07 Å². The molecule has 2 atom stereocenters. The molecule has 0 N–H and O–H groups in total. The molecule has 2 unspecified atom stereocenters. The highest BCUT2D eigenvalue weighted by Crippen LogP contribution is 2.39. The molecule has 18 heavy (non-hydrogen) atoms. The number of hydrogen-bond acceptors (Lipinski definition) is 1. The van der Waals surface area contributed by atoms with E-state index in [1.807, 2.05) is 12.1 Å². The molecule has 2 aliphatic heterocycles. The summed E-state index contributed by atoms with van der Waals surface area (Å²) >= 11 is 7.04. The maximum absolute atomic E-state index is 13.9. The zero-order valence-electron chi connectivity index (χ0n) is 10.1. The van der Waals surface area contributed by atoms with Crippen molar-refractivity contribution in [2.45, 2.75) is 49.1 Å². The summed E-state index contributed by atoms with van der Waals surface area (Å²) in [4.78, 5) is 3.16. The minimum absolute atomic E-state index is 0.0928. The second-order valence-electron chi connectivity index (χ2n) is 5.36. The van der Waals surface area contributed by atoms with Gasteiger partial charge in [0.1, 0.15) is 5.82 Å².